The normalized spacial score (nSPS) is 18.0. The molecule has 5 rings (SSSR count). The van der Waals surface area contributed by atoms with E-state index in [1.165, 1.54) is 6.33 Å². The van der Waals surface area contributed by atoms with Gasteiger partial charge in [-0.25, -0.2) is 15.0 Å². The number of carbonyl (C=O) groups excluding carboxylic acids is 2. The first-order valence-electron chi connectivity index (χ1n) is 14.5. The van der Waals surface area contributed by atoms with Gasteiger partial charge in [0.15, 0.2) is 11.5 Å². The van der Waals surface area contributed by atoms with Crippen molar-refractivity contribution < 1.29 is 102 Å². The first-order chi connectivity index (χ1) is 23.1. The molecule has 4 aromatic rings. The number of hydrogen-bond donors (Lipinski definition) is 6. The quantitative estimate of drug-likeness (QED) is 0.0497. The molecule has 0 amide bonds. The van der Waals surface area contributed by atoms with E-state index in [-0.39, 0.29) is 90.5 Å². The molecule has 0 saturated carbocycles. The van der Waals surface area contributed by atoms with E-state index in [1.54, 1.807) is 54.9 Å². The average molecular weight is 764 g/mol. The van der Waals surface area contributed by atoms with Gasteiger partial charge in [0.05, 0.1) is 12.4 Å². The molecular formula is C29H37N9Na2O9P2. The number of anilines is 1. The summed E-state index contributed by atoms with van der Waals surface area (Å²) in [4.78, 5) is 55.7. The summed E-state index contributed by atoms with van der Waals surface area (Å²) < 4.78 is 31.0. The minimum absolute atomic E-state index is 0. The molecule has 2 aromatic heterocycles. The predicted molar refractivity (Wildman–Crippen MR) is 175 cm³/mol. The molecule has 0 spiro atoms. The van der Waals surface area contributed by atoms with Crippen molar-refractivity contribution in [3.8, 4) is 0 Å². The molecule has 11 N–H and O–H groups in total. The number of benzene rings is 2. The minimum Gasteiger partial charge on any atom is -0.757 e. The molecule has 2 heterocycles. The Labute approximate surface area is 337 Å². The second-order valence-corrected chi connectivity index (χ2v) is 13.2. The zero-order valence-corrected chi connectivity index (χ0v) is 33.8. The summed E-state index contributed by atoms with van der Waals surface area (Å²) >= 11 is 0. The molecule has 51 heavy (non-hydrogen) atoms. The van der Waals surface area contributed by atoms with Gasteiger partial charge in [0.1, 0.15) is 23.9 Å². The molecule has 0 fully saturated rings. The van der Waals surface area contributed by atoms with Crippen LogP contribution in [0.5, 0.6) is 0 Å². The predicted octanol–water partition coefficient (Wildman–Crippen LogP) is -6.42. The first kappa shape index (κ1) is 46.7. The summed E-state index contributed by atoms with van der Waals surface area (Å²) in [6, 6.07) is 16.0. The number of aromatic nitrogens is 4. The Morgan fingerprint density at radius 2 is 1.31 bits per heavy atom. The molecule has 2 unspecified atom stereocenters. The van der Waals surface area contributed by atoms with Crippen molar-refractivity contribution in [2.75, 3.05) is 12.3 Å². The van der Waals surface area contributed by atoms with Crippen LogP contribution in [0, 0.1) is 5.92 Å². The summed E-state index contributed by atoms with van der Waals surface area (Å²) in [6.45, 7) is 0.177. The molecule has 0 saturated heterocycles. The zero-order valence-electron chi connectivity index (χ0n) is 28.0. The number of nitrogen functional groups attached to an aromatic ring is 1. The van der Waals surface area contributed by atoms with Crippen LogP contribution in [0.1, 0.15) is 23.6 Å². The van der Waals surface area contributed by atoms with Gasteiger partial charge in [0.2, 0.25) is 0 Å². The number of aliphatic hydroxyl groups excluding tert-OH is 1. The van der Waals surface area contributed by atoms with Gasteiger partial charge in [0, 0.05) is 12.5 Å². The van der Waals surface area contributed by atoms with E-state index < -0.39 is 39.5 Å². The Morgan fingerprint density at radius 3 is 1.73 bits per heavy atom. The monoisotopic (exact) mass is 763 g/mol. The van der Waals surface area contributed by atoms with Gasteiger partial charge in [-0.15, -0.1) is 0 Å². The van der Waals surface area contributed by atoms with Crippen molar-refractivity contribution in [3.05, 3.63) is 96.6 Å². The maximum Gasteiger partial charge on any atom is 1.00 e. The maximum atomic E-state index is 11.2. The largest absolute Gasteiger partial charge is 1.00 e. The zero-order chi connectivity index (χ0) is 36.2. The summed E-state index contributed by atoms with van der Waals surface area (Å²) in [5, 5.41) is 9.12. The van der Waals surface area contributed by atoms with Crippen molar-refractivity contribution in [2.45, 2.75) is 37.4 Å². The molecule has 22 heteroatoms. The number of allylic oxidation sites excluding steroid dienone is 1. The van der Waals surface area contributed by atoms with Crippen LogP contribution < -0.4 is 97.1 Å². The van der Waals surface area contributed by atoms with E-state index in [4.69, 9.17) is 22.3 Å². The fourth-order valence-electron chi connectivity index (χ4n) is 4.50. The van der Waals surface area contributed by atoms with E-state index in [2.05, 4.69) is 41.1 Å². The molecule has 2 aromatic carbocycles. The second-order valence-electron chi connectivity index (χ2n) is 10.7. The molecule has 0 aliphatic heterocycles. The van der Waals surface area contributed by atoms with Crippen molar-refractivity contribution >= 4 is 44.4 Å². The van der Waals surface area contributed by atoms with Crippen molar-refractivity contribution in [3.63, 3.8) is 0 Å². The second kappa shape index (κ2) is 22.0. The van der Waals surface area contributed by atoms with Gasteiger partial charge in [-0.1, -0.05) is 72.8 Å². The third kappa shape index (κ3) is 16.5. The van der Waals surface area contributed by atoms with Crippen LogP contribution in [0.4, 0.5) is 5.82 Å². The van der Waals surface area contributed by atoms with Gasteiger partial charge in [-0.3, -0.25) is 29.7 Å². The van der Waals surface area contributed by atoms with Crippen LogP contribution in [-0.2, 0) is 40.6 Å². The molecule has 18 nitrogen and oxygen atoms in total. The number of carbonyl (C=O) groups is 2. The number of aliphatic hydroxyl groups is 1. The number of nitrogens with zero attached hydrogens (tertiary/aromatic N) is 4. The van der Waals surface area contributed by atoms with Crippen LogP contribution in [0.25, 0.3) is 11.2 Å². The van der Waals surface area contributed by atoms with E-state index in [9.17, 15) is 28.5 Å². The maximum absolute atomic E-state index is 11.2. The van der Waals surface area contributed by atoms with Crippen LogP contribution in [-0.4, -0.2) is 55.3 Å². The summed E-state index contributed by atoms with van der Waals surface area (Å²) in [5.41, 5.74) is 28.8. The number of rotatable bonds is 10. The standard InChI is InChI=1S/C11H13N5O.2C9H13N2O4P.2Na/c12-10-9-11(14-5-13-10)16(6-15-9)8-2-1-7(3-8)4-17;2*10-8(9(12)15-16(11,13)14)6-7-4-2-1-3-5-7;;/h1-2,5-8,17H,3-4H2,(H2,12,13,14);2*1-5,8H,6,10H2,(H3,11,13,14);;/q;;;2*+1/p-2/t7-,8+;2*8-;;/m000../s1. The van der Waals surface area contributed by atoms with Gasteiger partial charge in [-0.05, 0) is 30.4 Å². The third-order valence-corrected chi connectivity index (χ3v) is 7.63. The van der Waals surface area contributed by atoms with E-state index in [1.807, 2.05) is 22.8 Å². The van der Waals surface area contributed by atoms with Crippen LogP contribution in [0.2, 0.25) is 0 Å². The Balaban J connectivity index is 0.000000376. The van der Waals surface area contributed by atoms with Crippen LogP contribution >= 0.6 is 15.5 Å². The first-order valence-corrected chi connectivity index (χ1v) is 17.8. The van der Waals surface area contributed by atoms with Crippen molar-refractivity contribution in [2.24, 2.45) is 28.4 Å². The Kier molecular flexibility index (Phi) is 20.1. The van der Waals surface area contributed by atoms with Gasteiger partial charge >= 0.3 is 71.1 Å². The minimum atomic E-state index is -4.56. The van der Waals surface area contributed by atoms with Crippen LogP contribution in [0.3, 0.4) is 0 Å². The smallest absolute Gasteiger partial charge is 0.757 e. The van der Waals surface area contributed by atoms with Crippen molar-refractivity contribution in [1.29, 1.82) is 0 Å². The van der Waals surface area contributed by atoms with Gasteiger partial charge in [-0.2, -0.15) is 0 Å². The molecule has 6 atom stereocenters. The Morgan fingerprint density at radius 1 is 0.843 bits per heavy atom. The fraction of sp³-hybridized carbons (Fsp3) is 0.276. The topological polar surface area (TPSA) is 327 Å². The summed E-state index contributed by atoms with van der Waals surface area (Å²) in [6.07, 6.45) is 8.52. The van der Waals surface area contributed by atoms with Gasteiger partial charge in [0.25, 0.3) is 15.5 Å². The molecular weight excluding hydrogens is 726 g/mol. The molecule has 0 radical (unpaired) electrons. The van der Waals surface area contributed by atoms with Crippen LogP contribution in [0.15, 0.2) is 85.5 Å². The number of nitrogens with two attached hydrogens (primary N) is 5. The van der Waals surface area contributed by atoms with Crippen molar-refractivity contribution in [1.82, 2.24) is 19.5 Å². The van der Waals surface area contributed by atoms with E-state index in [0.29, 0.717) is 11.3 Å². The number of hydrogen-bond acceptors (Lipinski definition) is 15. The van der Waals surface area contributed by atoms with Gasteiger partial charge < -0.3 is 45.7 Å². The molecule has 0 bridgehead atoms. The molecule has 264 valence electrons. The number of imidazole rings is 1. The molecule has 1 aliphatic rings. The average Bonchev–Trinajstić information content (AvgIpc) is 3.69. The third-order valence-electron chi connectivity index (χ3n) is 6.77. The Hall–Kier alpha value is -2.35. The number of fused-ring (bicyclic) bond motifs is 1. The summed E-state index contributed by atoms with van der Waals surface area (Å²) in [5.74, 6) is -1.49. The van der Waals surface area contributed by atoms with E-state index >= 15 is 0 Å². The Bertz CT molecular complexity index is 1730. The van der Waals surface area contributed by atoms with E-state index in [0.717, 1.165) is 23.2 Å². The SMILES string of the molecule is N[C@@H](Cc1ccccc1)C(=O)OP(N)(=O)[O-].N[C@@H](Cc1ccccc1)C(=O)OP(N)(=O)[O-].Nc1ncnc2c1ncn2[C@@H]1C=C[C@H](CO)C1.[Na+].[Na+]. The summed E-state index contributed by atoms with van der Waals surface area (Å²) in [7, 11) is -9.12. The fourth-order valence-corrected chi connectivity index (χ4v) is 5.27. The molecule has 1 aliphatic carbocycles.